The Balaban J connectivity index is 2.49. The summed E-state index contributed by atoms with van der Waals surface area (Å²) in [6.07, 6.45) is 0.460. The topological polar surface area (TPSA) is 78.4 Å². The minimum Gasteiger partial charge on any atom is -0.478 e. The molecule has 0 aromatic heterocycles. The first-order chi connectivity index (χ1) is 9.02. The van der Waals surface area contributed by atoms with Gasteiger partial charge in [0.05, 0.1) is 11.6 Å². The summed E-state index contributed by atoms with van der Waals surface area (Å²) in [5.41, 5.74) is 1.37. The molecule has 100 valence electrons. The molecule has 5 nitrogen and oxygen atoms in total. The molecule has 19 heavy (non-hydrogen) atoms. The van der Waals surface area contributed by atoms with Gasteiger partial charge in [0.15, 0.2) is 0 Å². The third-order valence-corrected chi connectivity index (χ3v) is 3.47. The molecule has 3 N–H and O–H groups in total. The number of carbonyl (C=O) groups is 2. The van der Waals surface area contributed by atoms with Crippen LogP contribution in [0.25, 0.3) is 0 Å². The van der Waals surface area contributed by atoms with E-state index in [0.717, 1.165) is 10.0 Å². The van der Waals surface area contributed by atoms with Gasteiger partial charge in [-0.1, -0.05) is 35.0 Å². The minimum atomic E-state index is -1.03. The molecule has 0 radical (unpaired) electrons. The minimum absolute atomic E-state index is 0.185. The lowest BCUT2D eigenvalue weighted by Crippen LogP contribution is -2.45. The first-order valence-electron chi connectivity index (χ1n) is 5.82. The normalized spacial score (nSPS) is 18.8. The number of halogens is 1. The molecule has 2 rings (SSSR count). The zero-order valence-electron chi connectivity index (χ0n) is 10.2. The van der Waals surface area contributed by atoms with Crippen molar-refractivity contribution >= 4 is 27.9 Å². The quantitative estimate of drug-likeness (QED) is 0.799. The summed E-state index contributed by atoms with van der Waals surface area (Å²) in [5.74, 6) is -1.03. The Kier molecular flexibility index (Phi) is 3.90. The number of hydrogen-bond donors (Lipinski definition) is 3. The molecule has 1 aromatic rings. The summed E-state index contributed by atoms with van der Waals surface area (Å²) in [6, 6.07) is 6.19. The van der Waals surface area contributed by atoms with Gasteiger partial charge >= 0.3 is 12.0 Å². The molecule has 0 spiro atoms. The fraction of sp³-hybridized carbons (Fsp3) is 0.231. The molecular weight excluding hydrogens is 312 g/mol. The third kappa shape index (κ3) is 2.78. The first kappa shape index (κ1) is 13.6. The van der Waals surface area contributed by atoms with Gasteiger partial charge in [0.1, 0.15) is 0 Å². The molecule has 0 aliphatic carbocycles. The van der Waals surface area contributed by atoms with Crippen molar-refractivity contribution in [1.82, 2.24) is 10.6 Å². The molecule has 1 aromatic carbocycles. The molecule has 0 saturated heterocycles. The molecule has 1 aliphatic heterocycles. The molecule has 1 heterocycles. The van der Waals surface area contributed by atoms with E-state index in [-0.39, 0.29) is 11.6 Å². The average molecular weight is 325 g/mol. The number of urea groups is 1. The Hall–Kier alpha value is -1.82. The summed E-state index contributed by atoms with van der Waals surface area (Å²) in [5, 5.41) is 14.5. The Morgan fingerprint density at radius 2 is 2.00 bits per heavy atom. The molecule has 0 saturated carbocycles. The van der Waals surface area contributed by atoms with E-state index in [1.807, 2.05) is 19.1 Å². The van der Waals surface area contributed by atoms with Gasteiger partial charge in [-0.15, -0.1) is 0 Å². The van der Waals surface area contributed by atoms with Gasteiger partial charge in [-0.2, -0.15) is 0 Å². The van der Waals surface area contributed by atoms with E-state index < -0.39 is 12.0 Å². The van der Waals surface area contributed by atoms with E-state index in [1.54, 1.807) is 12.1 Å². The number of carbonyl (C=O) groups excluding carboxylic acids is 1. The van der Waals surface area contributed by atoms with Crippen molar-refractivity contribution in [2.45, 2.75) is 19.4 Å². The Labute approximate surface area is 118 Å². The summed E-state index contributed by atoms with van der Waals surface area (Å²) < 4.78 is 0.896. The van der Waals surface area contributed by atoms with E-state index in [1.165, 1.54) is 0 Å². The van der Waals surface area contributed by atoms with Gasteiger partial charge in [-0.05, 0) is 24.1 Å². The molecule has 1 aliphatic rings. The number of amides is 2. The van der Waals surface area contributed by atoms with Crippen LogP contribution < -0.4 is 10.6 Å². The van der Waals surface area contributed by atoms with Crippen LogP contribution >= 0.6 is 15.9 Å². The predicted molar refractivity (Wildman–Crippen MR) is 73.5 cm³/mol. The lowest BCUT2D eigenvalue weighted by atomic mass is 9.94. The average Bonchev–Trinajstić information content (AvgIpc) is 2.38. The van der Waals surface area contributed by atoms with Crippen LogP contribution in [-0.2, 0) is 4.79 Å². The predicted octanol–water partition coefficient (Wildman–Crippen LogP) is 2.55. The second kappa shape index (κ2) is 5.44. The zero-order chi connectivity index (χ0) is 14.0. The van der Waals surface area contributed by atoms with E-state index in [2.05, 4.69) is 26.6 Å². The number of nitrogens with one attached hydrogen (secondary N) is 2. The van der Waals surface area contributed by atoms with E-state index in [0.29, 0.717) is 12.1 Å². The largest absolute Gasteiger partial charge is 0.478 e. The van der Waals surface area contributed by atoms with Crippen molar-refractivity contribution < 1.29 is 14.7 Å². The highest BCUT2D eigenvalue weighted by atomic mass is 79.9. The van der Waals surface area contributed by atoms with Crippen molar-refractivity contribution in [3.63, 3.8) is 0 Å². The standard InChI is InChI=1S/C13H13BrN2O3/c1-2-9-10(12(17)18)11(16-13(19)15-9)7-3-5-8(14)6-4-7/h3-6,11H,2H2,1H3,(H,17,18)(H2,15,16,19). The Morgan fingerprint density at radius 1 is 1.37 bits per heavy atom. The first-order valence-corrected chi connectivity index (χ1v) is 6.61. The number of hydrogen-bond acceptors (Lipinski definition) is 2. The molecule has 1 unspecified atom stereocenters. The van der Waals surface area contributed by atoms with Crippen molar-refractivity contribution in [3.05, 3.63) is 45.6 Å². The highest BCUT2D eigenvalue weighted by Gasteiger charge is 2.31. The lowest BCUT2D eigenvalue weighted by Gasteiger charge is -2.28. The van der Waals surface area contributed by atoms with Crippen LogP contribution in [0.3, 0.4) is 0 Å². The van der Waals surface area contributed by atoms with Gasteiger partial charge in [0.25, 0.3) is 0 Å². The fourth-order valence-electron chi connectivity index (χ4n) is 2.05. The number of benzene rings is 1. The number of allylic oxidation sites excluding steroid dienone is 1. The second-order valence-electron chi connectivity index (χ2n) is 4.13. The SMILES string of the molecule is CCC1=C(C(=O)O)C(c2ccc(Br)cc2)NC(=O)N1. The van der Waals surface area contributed by atoms with Crippen LogP contribution in [0.15, 0.2) is 40.0 Å². The smallest absolute Gasteiger partial charge is 0.335 e. The molecule has 0 bridgehead atoms. The maximum absolute atomic E-state index is 11.6. The van der Waals surface area contributed by atoms with E-state index >= 15 is 0 Å². The van der Waals surface area contributed by atoms with Crippen LogP contribution in [0.2, 0.25) is 0 Å². The van der Waals surface area contributed by atoms with Crippen LogP contribution in [-0.4, -0.2) is 17.1 Å². The summed E-state index contributed by atoms with van der Waals surface area (Å²) >= 11 is 3.32. The van der Waals surface area contributed by atoms with Crippen molar-refractivity contribution in [2.24, 2.45) is 0 Å². The number of aliphatic carboxylic acids is 1. The van der Waals surface area contributed by atoms with Crippen LogP contribution in [0, 0.1) is 0 Å². The summed E-state index contributed by atoms with van der Waals surface area (Å²) in [6.45, 7) is 1.81. The molecular formula is C13H13BrN2O3. The van der Waals surface area contributed by atoms with Crippen LogP contribution in [0.1, 0.15) is 24.9 Å². The van der Waals surface area contributed by atoms with Gasteiger partial charge < -0.3 is 15.7 Å². The summed E-state index contributed by atoms with van der Waals surface area (Å²) in [4.78, 5) is 23.0. The molecule has 1 atom stereocenters. The monoisotopic (exact) mass is 324 g/mol. The van der Waals surface area contributed by atoms with Crippen molar-refractivity contribution in [1.29, 1.82) is 0 Å². The molecule has 6 heteroatoms. The van der Waals surface area contributed by atoms with Crippen molar-refractivity contribution in [2.75, 3.05) is 0 Å². The zero-order valence-corrected chi connectivity index (χ0v) is 11.8. The number of rotatable bonds is 3. The number of carboxylic acids is 1. The second-order valence-corrected chi connectivity index (χ2v) is 5.05. The van der Waals surface area contributed by atoms with Gasteiger partial charge in [0, 0.05) is 10.2 Å². The fourth-order valence-corrected chi connectivity index (χ4v) is 2.32. The maximum Gasteiger partial charge on any atom is 0.335 e. The van der Waals surface area contributed by atoms with Gasteiger partial charge in [-0.25, -0.2) is 9.59 Å². The Morgan fingerprint density at radius 3 is 2.53 bits per heavy atom. The molecule has 2 amide bonds. The Bertz CT molecular complexity index is 552. The van der Waals surface area contributed by atoms with Crippen LogP contribution in [0.5, 0.6) is 0 Å². The van der Waals surface area contributed by atoms with Crippen molar-refractivity contribution in [3.8, 4) is 0 Å². The molecule has 0 fully saturated rings. The summed E-state index contributed by atoms with van der Waals surface area (Å²) in [7, 11) is 0. The van der Waals surface area contributed by atoms with Gasteiger partial charge in [0.2, 0.25) is 0 Å². The highest BCUT2D eigenvalue weighted by molar-refractivity contribution is 9.10. The third-order valence-electron chi connectivity index (χ3n) is 2.94. The van der Waals surface area contributed by atoms with Gasteiger partial charge in [-0.3, -0.25) is 0 Å². The van der Waals surface area contributed by atoms with Crippen LogP contribution in [0.4, 0.5) is 4.79 Å². The highest BCUT2D eigenvalue weighted by Crippen LogP contribution is 2.28. The van der Waals surface area contributed by atoms with E-state index in [4.69, 9.17) is 0 Å². The lowest BCUT2D eigenvalue weighted by molar-refractivity contribution is -0.133. The van der Waals surface area contributed by atoms with E-state index in [9.17, 15) is 14.7 Å². The maximum atomic E-state index is 11.6. The number of carboxylic acid groups (broad SMARTS) is 1.